The molecule has 0 amide bonds. The van der Waals surface area contributed by atoms with Crippen LogP contribution in [0.2, 0.25) is 0 Å². The average molecular weight is 418 g/mol. The molecule has 7 nitrogen and oxygen atoms in total. The number of nitro groups is 1. The Kier molecular flexibility index (Phi) is 5.19. The Morgan fingerprint density at radius 3 is 2.19 bits per heavy atom. The molecule has 1 aromatic heterocycles. The topological polar surface area (TPSA) is 71.6 Å². The molecule has 2 fully saturated rings. The summed E-state index contributed by atoms with van der Waals surface area (Å²) in [5.74, 6) is 0. The van der Waals surface area contributed by atoms with Crippen molar-refractivity contribution in [2.75, 3.05) is 31.1 Å². The molecule has 31 heavy (non-hydrogen) atoms. The molecule has 0 radical (unpaired) electrons. The fourth-order valence-electron chi connectivity index (χ4n) is 5.21. The van der Waals surface area contributed by atoms with Crippen LogP contribution in [-0.4, -0.2) is 46.6 Å². The molecule has 1 aliphatic carbocycles. The van der Waals surface area contributed by atoms with Crippen LogP contribution in [-0.2, 0) is 0 Å². The van der Waals surface area contributed by atoms with E-state index in [1.165, 1.54) is 30.3 Å². The van der Waals surface area contributed by atoms with Gasteiger partial charge in [-0.3, -0.25) is 24.4 Å². The first-order valence-corrected chi connectivity index (χ1v) is 11.0. The third-order valence-corrected chi connectivity index (χ3v) is 6.70. The molecule has 5 rings (SSSR count). The van der Waals surface area contributed by atoms with Gasteiger partial charge in [-0.2, -0.15) is 0 Å². The first-order valence-electron chi connectivity index (χ1n) is 11.0. The molecule has 0 bridgehead atoms. The van der Waals surface area contributed by atoms with Gasteiger partial charge in [-0.15, -0.1) is 0 Å². The highest BCUT2D eigenvalue weighted by Gasteiger charge is 2.33. The Bertz CT molecular complexity index is 1160. The van der Waals surface area contributed by atoms with Crippen molar-refractivity contribution in [2.24, 2.45) is 0 Å². The van der Waals surface area contributed by atoms with Crippen LogP contribution in [0.3, 0.4) is 0 Å². The molecule has 160 valence electrons. The molecule has 0 atom stereocenters. The van der Waals surface area contributed by atoms with Gasteiger partial charge in [-0.05, 0) is 31.0 Å². The second-order valence-electron chi connectivity index (χ2n) is 8.41. The third kappa shape index (κ3) is 3.49. The number of nitrogens with zero attached hydrogens (tertiary/aromatic N) is 4. The highest BCUT2D eigenvalue weighted by atomic mass is 16.6. The zero-order chi connectivity index (χ0) is 21.4. The van der Waals surface area contributed by atoms with Gasteiger partial charge in [-0.25, -0.2) is 0 Å². The van der Waals surface area contributed by atoms with E-state index in [4.69, 9.17) is 0 Å². The predicted octanol–water partition coefficient (Wildman–Crippen LogP) is 3.96. The molecule has 0 spiro atoms. The SMILES string of the molecule is O=c1c([N+](=O)[O-])c(N2CCN(C3CCCC3)CC2)c2ccccc2n1-c1ccccc1. The summed E-state index contributed by atoms with van der Waals surface area (Å²) in [4.78, 5) is 29.6. The maximum atomic E-state index is 13.4. The van der Waals surface area contributed by atoms with Gasteiger partial charge in [0.25, 0.3) is 0 Å². The van der Waals surface area contributed by atoms with Crippen LogP contribution in [0.1, 0.15) is 25.7 Å². The monoisotopic (exact) mass is 418 g/mol. The number of aromatic nitrogens is 1. The Morgan fingerprint density at radius 2 is 1.52 bits per heavy atom. The molecular weight excluding hydrogens is 392 g/mol. The zero-order valence-corrected chi connectivity index (χ0v) is 17.4. The van der Waals surface area contributed by atoms with Crippen molar-refractivity contribution in [2.45, 2.75) is 31.7 Å². The number of piperazine rings is 1. The molecule has 2 aromatic carbocycles. The molecule has 1 saturated carbocycles. The second-order valence-corrected chi connectivity index (χ2v) is 8.41. The molecule has 7 heteroatoms. The van der Waals surface area contributed by atoms with Crippen molar-refractivity contribution in [3.8, 4) is 5.69 Å². The maximum absolute atomic E-state index is 13.4. The number of fused-ring (bicyclic) bond motifs is 1. The molecule has 0 unspecified atom stereocenters. The van der Waals surface area contributed by atoms with Crippen LogP contribution in [0, 0.1) is 10.1 Å². The van der Waals surface area contributed by atoms with Gasteiger partial charge >= 0.3 is 11.2 Å². The van der Waals surface area contributed by atoms with Gasteiger partial charge in [0.1, 0.15) is 5.69 Å². The highest BCUT2D eigenvalue weighted by molar-refractivity contribution is 5.97. The Morgan fingerprint density at radius 1 is 0.871 bits per heavy atom. The molecule has 1 saturated heterocycles. The number of anilines is 1. The van der Waals surface area contributed by atoms with Crippen LogP contribution in [0.4, 0.5) is 11.4 Å². The van der Waals surface area contributed by atoms with E-state index in [2.05, 4.69) is 4.90 Å². The van der Waals surface area contributed by atoms with Gasteiger partial charge in [0, 0.05) is 43.3 Å². The minimum Gasteiger partial charge on any atom is -0.363 e. The van der Waals surface area contributed by atoms with Crippen LogP contribution >= 0.6 is 0 Å². The third-order valence-electron chi connectivity index (χ3n) is 6.70. The average Bonchev–Trinajstić information content (AvgIpc) is 3.34. The minimum absolute atomic E-state index is 0.336. The number of benzene rings is 2. The maximum Gasteiger partial charge on any atom is 0.358 e. The summed E-state index contributed by atoms with van der Waals surface area (Å²) in [7, 11) is 0. The van der Waals surface area contributed by atoms with Crippen molar-refractivity contribution in [3.63, 3.8) is 0 Å². The van der Waals surface area contributed by atoms with Crippen LogP contribution < -0.4 is 10.5 Å². The zero-order valence-electron chi connectivity index (χ0n) is 17.4. The summed E-state index contributed by atoms with van der Waals surface area (Å²) in [5.41, 5.74) is 0.866. The standard InChI is InChI=1S/C24H26N4O3/c29-24-23(28(30)31)22(26-16-14-25(15-17-26)18-8-4-5-9-18)20-12-6-7-13-21(20)27(24)19-10-2-1-3-11-19/h1-3,6-7,10-13,18H,4-5,8-9,14-17H2. The number of para-hydroxylation sites is 2. The lowest BCUT2D eigenvalue weighted by atomic mass is 10.1. The largest absolute Gasteiger partial charge is 0.363 e. The first kappa shape index (κ1) is 19.8. The van der Waals surface area contributed by atoms with Crippen LogP contribution in [0.25, 0.3) is 16.6 Å². The fraction of sp³-hybridized carbons (Fsp3) is 0.375. The lowest BCUT2D eigenvalue weighted by Crippen LogP contribution is -2.50. The molecule has 0 N–H and O–H groups in total. The minimum atomic E-state index is -0.580. The van der Waals surface area contributed by atoms with Gasteiger partial charge in [0.15, 0.2) is 0 Å². The molecule has 1 aliphatic heterocycles. The van der Waals surface area contributed by atoms with Crippen molar-refractivity contribution < 1.29 is 4.92 Å². The fourth-order valence-corrected chi connectivity index (χ4v) is 5.21. The highest BCUT2D eigenvalue weighted by Crippen LogP contribution is 2.35. The molecule has 2 heterocycles. The van der Waals surface area contributed by atoms with E-state index in [0.29, 0.717) is 36.0 Å². The van der Waals surface area contributed by atoms with Crippen molar-refractivity contribution in [3.05, 3.63) is 75.1 Å². The number of rotatable bonds is 4. The Labute approximate surface area is 180 Å². The van der Waals surface area contributed by atoms with Gasteiger partial charge < -0.3 is 4.90 Å². The Hall–Kier alpha value is -3.19. The lowest BCUT2D eigenvalue weighted by Gasteiger charge is -2.39. The van der Waals surface area contributed by atoms with E-state index in [0.717, 1.165) is 18.5 Å². The first-order chi connectivity index (χ1) is 15.1. The van der Waals surface area contributed by atoms with E-state index in [9.17, 15) is 14.9 Å². The van der Waals surface area contributed by atoms with E-state index in [-0.39, 0.29) is 5.69 Å². The van der Waals surface area contributed by atoms with E-state index >= 15 is 0 Å². The quantitative estimate of drug-likeness (QED) is 0.474. The molecular formula is C24H26N4O3. The van der Waals surface area contributed by atoms with Gasteiger partial charge in [0.05, 0.1) is 10.4 Å². The van der Waals surface area contributed by atoms with E-state index in [1.807, 2.05) is 47.4 Å². The molecule has 3 aromatic rings. The Balaban J connectivity index is 1.63. The van der Waals surface area contributed by atoms with E-state index < -0.39 is 10.5 Å². The van der Waals surface area contributed by atoms with Gasteiger partial charge in [0.2, 0.25) is 0 Å². The summed E-state index contributed by atoms with van der Waals surface area (Å²) >= 11 is 0. The van der Waals surface area contributed by atoms with E-state index in [1.54, 1.807) is 12.1 Å². The summed E-state index contributed by atoms with van der Waals surface area (Å²) in [6.45, 7) is 3.13. The normalized spacial score (nSPS) is 18.0. The number of hydrogen-bond donors (Lipinski definition) is 0. The van der Waals surface area contributed by atoms with Gasteiger partial charge in [-0.1, -0.05) is 49.2 Å². The number of pyridine rings is 1. The summed E-state index contributed by atoms with van der Waals surface area (Å²) in [6.07, 6.45) is 5.07. The lowest BCUT2D eigenvalue weighted by molar-refractivity contribution is -0.385. The van der Waals surface area contributed by atoms with Crippen molar-refractivity contribution >= 4 is 22.3 Å². The van der Waals surface area contributed by atoms with Crippen LogP contribution in [0.5, 0.6) is 0 Å². The molecule has 2 aliphatic rings. The smallest absolute Gasteiger partial charge is 0.358 e. The summed E-state index contributed by atoms with van der Waals surface area (Å²) in [6, 6.07) is 17.3. The summed E-state index contributed by atoms with van der Waals surface area (Å²) < 4.78 is 1.46. The number of hydrogen-bond acceptors (Lipinski definition) is 5. The van der Waals surface area contributed by atoms with Crippen molar-refractivity contribution in [1.29, 1.82) is 0 Å². The van der Waals surface area contributed by atoms with Crippen molar-refractivity contribution in [1.82, 2.24) is 9.47 Å². The predicted molar refractivity (Wildman–Crippen MR) is 122 cm³/mol. The second kappa shape index (κ2) is 8.15. The van der Waals surface area contributed by atoms with Crippen LogP contribution in [0.15, 0.2) is 59.4 Å². The summed E-state index contributed by atoms with van der Waals surface area (Å²) in [5, 5.41) is 12.9.